The van der Waals surface area contributed by atoms with Gasteiger partial charge in [-0.05, 0) is 69.0 Å². The van der Waals surface area contributed by atoms with Crippen LogP contribution in [0, 0.1) is 0 Å². The average molecular weight is 718 g/mol. The number of nitrogens with one attached hydrogen (secondary N) is 1. The van der Waals surface area contributed by atoms with Gasteiger partial charge in [-0.15, -0.1) is 0 Å². The molecule has 2 amide bonds. The van der Waals surface area contributed by atoms with Gasteiger partial charge in [-0.1, -0.05) is 65.1 Å². The maximum absolute atomic E-state index is 13.7. The van der Waals surface area contributed by atoms with Crippen LogP contribution in [-0.2, 0) is 29.5 Å². The molecule has 48 heavy (non-hydrogen) atoms. The molecule has 0 saturated carbocycles. The normalized spacial score (nSPS) is 15.0. The lowest BCUT2D eigenvalue weighted by atomic mass is 9.96. The lowest BCUT2D eigenvalue weighted by molar-refractivity contribution is 0.000189. The first-order valence-corrected chi connectivity index (χ1v) is 16.4. The van der Waals surface area contributed by atoms with Crippen LogP contribution in [0.3, 0.4) is 0 Å². The van der Waals surface area contributed by atoms with Crippen LogP contribution in [0.1, 0.15) is 48.7 Å². The van der Waals surface area contributed by atoms with Crippen molar-refractivity contribution in [1.29, 1.82) is 0 Å². The highest BCUT2D eigenvalue weighted by Crippen LogP contribution is 2.37. The second kappa shape index (κ2) is 14.5. The molecule has 1 aliphatic heterocycles. The zero-order valence-corrected chi connectivity index (χ0v) is 29.1. The minimum Gasteiger partial charge on any atom is -0.445 e. The van der Waals surface area contributed by atoms with Crippen LogP contribution in [0.5, 0.6) is 5.75 Å². The summed E-state index contributed by atoms with van der Waals surface area (Å²) in [5.74, 6) is -0.820. The molecule has 1 atom stereocenters. The van der Waals surface area contributed by atoms with Crippen molar-refractivity contribution in [2.75, 3.05) is 19.6 Å². The van der Waals surface area contributed by atoms with E-state index in [4.69, 9.17) is 49.0 Å². The summed E-state index contributed by atoms with van der Waals surface area (Å²) in [7, 11) is 1.59. The predicted molar refractivity (Wildman–Crippen MR) is 183 cm³/mol. The summed E-state index contributed by atoms with van der Waals surface area (Å²) in [4.78, 5) is 58.8. The fraction of sp³-hybridized carbons (Fsp3) is 0.353. The Morgan fingerprint density at radius 2 is 1.65 bits per heavy atom. The number of imidazole rings is 1. The molecule has 0 radical (unpaired) electrons. The first-order valence-electron chi connectivity index (χ1n) is 15.2. The number of aryl methyl sites for hydroxylation is 2. The topological polar surface area (TPSA) is 123 Å². The van der Waals surface area contributed by atoms with Gasteiger partial charge in [0, 0.05) is 31.7 Å². The Morgan fingerprint density at radius 1 is 0.958 bits per heavy atom. The first kappa shape index (κ1) is 35.1. The molecule has 0 bridgehead atoms. The van der Waals surface area contributed by atoms with Gasteiger partial charge in [0.15, 0.2) is 5.75 Å². The summed E-state index contributed by atoms with van der Waals surface area (Å²) in [5.41, 5.74) is 1.40. The van der Waals surface area contributed by atoms with Gasteiger partial charge < -0.3 is 29.0 Å². The number of piperazine rings is 1. The number of fused-ring (bicyclic) bond motifs is 1. The summed E-state index contributed by atoms with van der Waals surface area (Å²) in [6, 6.07) is 14.8. The van der Waals surface area contributed by atoms with Gasteiger partial charge in [0.2, 0.25) is 0 Å². The molecule has 0 spiro atoms. The van der Waals surface area contributed by atoms with Gasteiger partial charge in [0.25, 0.3) is 0 Å². The molecule has 1 fully saturated rings. The fourth-order valence-electron chi connectivity index (χ4n) is 5.59. The number of nitrogens with zero attached hydrogens (tertiary/aromatic N) is 3. The number of hydrogen-bond donors (Lipinski definition) is 1. The molecule has 11 nitrogen and oxygen atoms in total. The van der Waals surface area contributed by atoms with E-state index < -0.39 is 29.8 Å². The van der Waals surface area contributed by atoms with Crippen molar-refractivity contribution in [3.63, 3.8) is 0 Å². The second-order valence-corrected chi connectivity index (χ2v) is 13.7. The van der Waals surface area contributed by atoms with E-state index in [0.717, 1.165) is 5.56 Å². The number of rotatable bonds is 7. The molecule has 4 aromatic rings. The Hall–Kier alpha value is -4.19. The van der Waals surface area contributed by atoms with Crippen molar-refractivity contribution in [3.8, 4) is 5.75 Å². The number of halogens is 3. The SMILES string of the molecule is Cn1c(=O)[nH]c2ccc(C(=O)Oc3c(Cl)cc(Cl)cc3Cl)c(CC[C@@H]3CN(C(=O)OC(C)(C)C)CCN3C(=O)OCc3ccccc3)c21. The Morgan fingerprint density at radius 3 is 2.31 bits per heavy atom. The molecule has 0 aliphatic carbocycles. The van der Waals surface area contributed by atoms with Crippen LogP contribution in [0.25, 0.3) is 11.0 Å². The number of hydrogen-bond acceptors (Lipinski definition) is 7. The van der Waals surface area contributed by atoms with E-state index in [9.17, 15) is 19.2 Å². The monoisotopic (exact) mass is 716 g/mol. The van der Waals surface area contributed by atoms with E-state index in [2.05, 4.69) is 4.98 Å². The Bertz CT molecular complexity index is 1880. The van der Waals surface area contributed by atoms with E-state index in [1.165, 1.54) is 16.7 Å². The first-order chi connectivity index (χ1) is 22.7. The molecule has 5 rings (SSSR count). The Labute approximate surface area is 292 Å². The minimum atomic E-state index is -0.759. The zero-order valence-electron chi connectivity index (χ0n) is 26.8. The van der Waals surface area contributed by atoms with Crippen molar-refractivity contribution >= 4 is 64.0 Å². The molecule has 1 saturated heterocycles. The lowest BCUT2D eigenvalue weighted by Crippen LogP contribution is -2.57. The second-order valence-electron chi connectivity index (χ2n) is 12.4. The Kier molecular flexibility index (Phi) is 10.6. The maximum atomic E-state index is 13.7. The van der Waals surface area contributed by atoms with Gasteiger partial charge in [-0.25, -0.2) is 19.2 Å². The third-order valence-electron chi connectivity index (χ3n) is 7.84. The maximum Gasteiger partial charge on any atom is 0.410 e. The van der Waals surface area contributed by atoms with E-state index in [0.29, 0.717) is 23.0 Å². The van der Waals surface area contributed by atoms with Gasteiger partial charge in [0.1, 0.15) is 12.2 Å². The minimum absolute atomic E-state index is 0.0478. The summed E-state index contributed by atoms with van der Waals surface area (Å²) in [6.07, 6.45) is -0.530. The van der Waals surface area contributed by atoms with Crippen molar-refractivity contribution < 1.29 is 28.6 Å². The van der Waals surface area contributed by atoms with Crippen molar-refractivity contribution in [3.05, 3.63) is 96.8 Å². The van der Waals surface area contributed by atoms with Gasteiger partial charge in [-0.3, -0.25) is 4.57 Å². The van der Waals surface area contributed by atoms with Crippen LogP contribution >= 0.6 is 34.8 Å². The van der Waals surface area contributed by atoms with E-state index in [-0.39, 0.29) is 64.7 Å². The number of esters is 1. The standard InChI is InChI=1S/C34H35Cl3N4O7/c1-34(2,3)48-32(44)40-14-15-41(33(45)46-19-20-8-6-5-7-9-20)22(18-40)10-11-23-24(12-13-27-28(23)39(4)31(43)38-27)30(42)47-29-25(36)16-21(35)17-26(29)37/h5-9,12-13,16-17,22H,10-11,14-15,18-19H2,1-4H3,(H,38,43)/t22-/m1/s1. The zero-order chi connectivity index (χ0) is 34.7. The molecule has 3 aromatic carbocycles. The molecule has 14 heteroatoms. The lowest BCUT2D eigenvalue weighted by Gasteiger charge is -2.41. The largest absolute Gasteiger partial charge is 0.445 e. The summed E-state index contributed by atoms with van der Waals surface area (Å²) in [5, 5.41) is 0.368. The van der Waals surface area contributed by atoms with Crippen molar-refractivity contribution in [2.24, 2.45) is 7.05 Å². The number of carbonyl (C=O) groups excluding carboxylic acids is 3. The number of carbonyl (C=O) groups is 3. The van der Waals surface area contributed by atoms with E-state index >= 15 is 0 Å². The molecule has 1 N–H and O–H groups in total. The van der Waals surface area contributed by atoms with E-state index in [1.807, 2.05) is 30.3 Å². The number of amides is 2. The van der Waals surface area contributed by atoms with Crippen LogP contribution in [0.2, 0.25) is 15.1 Å². The molecular weight excluding hydrogens is 683 g/mol. The van der Waals surface area contributed by atoms with Gasteiger partial charge in [-0.2, -0.15) is 0 Å². The molecule has 254 valence electrons. The molecule has 1 aromatic heterocycles. The van der Waals surface area contributed by atoms with Crippen LogP contribution in [-0.4, -0.2) is 68.8 Å². The molecule has 0 unspecified atom stereocenters. The molecular formula is C34H35Cl3N4O7. The van der Waals surface area contributed by atoms with Crippen LogP contribution in [0.4, 0.5) is 9.59 Å². The third-order valence-corrected chi connectivity index (χ3v) is 8.62. The third kappa shape index (κ3) is 8.08. The highest BCUT2D eigenvalue weighted by Gasteiger charge is 2.35. The number of H-pyrrole nitrogens is 1. The average Bonchev–Trinajstić information content (AvgIpc) is 3.32. The highest BCUT2D eigenvalue weighted by molar-refractivity contribution is 6.40. The number of aromatic nitrogens is 2. The smallest absolute Gasteiger partial charge is 0.410 e. The number of benzene rings is 3. The van der Waals surface area contributed by atoms with Gasteiger partial charge >= 0.3 is 23.8 Å². The molecule has 2 heterocycles. The summed E-state index contributed by atoms with van der Waals surface area (Å²) < 4.78 is 18.4. The predicted octanol–water partition coefficient (Wildman–Crippen LogP) is 7.24. The van der Waals surface area contributed by atoms with Gasteiger partial charge in [0.05, 0.1) is 32.7 Å². The van der Waals surface area contributed by atoms with E-state index in [1.54, 1.807) is 49.8 Å². The molecule has 1 aliphatic rings. The number of ether oxygens (including phenoxy) is 3. The van der Waals surface area contributed by atoms with Crippen molar-refractivity contribution in [2.45, 2.75) is 51.9 Å². The van der Waals surface area contributed by atoms with Crippen LogP contribution < -0.4 is 10.4 Å². The summed E-state index contributed by atoms with van der Waals surface area (Å²) in [6.45, 7) is 6.04. The van der Waals surface area contributed by atoms with Crippen LogP contribution in [0.15, 0.2) is 59.4 Å². The van der Waals surface area contributed by atoms with Crippen molar-refractivity contribution in [1.82, 2.24) is 19.4 Å². The highest BCUT2D eigenvalue weighted by atomic mass is 35.5. The summed E-state index contributed by atoms with van der Waals surface area (Å²) >= 11 is 18.6. The fourth-order valence-corrected chi connectivity index (χ4v) is 6.48. The Balaban J connectivity index is 1.45. The quantitative estimate of drug-likeness (QED) is 0.158. The number of aromatic amines is 1.